The number of rotatable bonds is 5. The van der Waals surface area contributed by atoms with Crippen LogP contribution in [-0.4, -0.2) is 53.4 Å². The molecule has 0 radical (unpaired) electrons. The van der Waals surface area contributed by atoms with Crippen LogP contribution in [0.15, 0.2) is 23.3 Å². The maximum absolute atomic E-state index is 13.9. The van der Waals surface area contributed by atoms with E-state index in [0.717, 1.165) is 37.6 Å². The molecule has 2 aromatic heterocycles. The average molecular weight is 501 g/mol. The smallest absolute Gasteiger partial charge is 0.191 e. The van der Waals surface area contributed by atoms with Gasteiger partial charge in [-0.15, -0.1) is 24.0 Å². The Morgan fingerprint density at radius 3 is 2.82 bits per heavy atom. The van der Waals surface area contributed by atoms with Gasteiger partial charge in [-0.3, -0.25) is 9.67 Å². The second kappa shape index (κ2) is 10.0. The maximum Gasteiger partial charge on any atom is 0.191 e. The number of guanidine groups is 1. The lowest BCUT2D eigenvalue weighted by Crippen LogP contribution is -2.45. The number of aliphatic imine (C=N–C) groups is 1. The van der Waals surface area contributed by atoms with Gasteiger partial charge in [-0.1, -0.05) is 0 Å². The lowest BCUT2D eigenvalue weighted by Gasteiger charge is -2.20. The Labute approximate surface area is 182 Å². The summed E-state index contributed by atoms with van der Waals surface area (Å²) < 4.78 is 15.8. The number of hydrogen-bond donors (Lipinski definition) is 2. The summed E-state index contributed by atoms with van der Waals surface area (Å²) in [5, 5.41) is 11.3. The molecule has 1 aliphatic heterocycles. The van der Waals surface area contributed by atoms with Crippen molar-refractivity contribution >= 4 is 35.8 Å². The fraction of sp³-hybridized carbons (Fsp3) is 0.526. The van der Waals surface area contributed by atoms with Gasteiger partial charge in [0, 0.05) is 51.7 Å². The third-order valence-electron chi connectivity index (χ3n) is 5.12. The van der Waals surface area contributed by atoms with Gasteiger partial charge in [-0.25, -0.2) is 9.37 Å². The molecule has 28 heavy (non-hydrogen) atoms. The van der Waals surface area contributed by atoms with E-state index in [1.54, 1.807) is 19.3 Å². The molecule has 0 aliphatic carbocycles. The summed E-state index contributed by atoms with van der Waals surface area (Å²) in [7, 11) is 3.73. The van der Waals surface area contributed by atoms with Crippen LogP contribution in [0, 0.1) is 19.7 Å². The number of aryl methyl sites for hydroxylation is 2. The molecule has 2 N–H and O–H groups in total. The number of nitrogens with one attached hydrogen (secondary N) is 2. The van der Waals surface area contributed by atoms with Gasteiger partial charge in [-0.2, -0.15) is 5.10 Å². The van der Waals surface area contributed by atoms with Crippen LogP contribution in [0.25, 0.3) is 0 Å². The highest BCUT2D eigenvalue weighted by atomic mass is 127. The Hall–Kier alpha value is -1.91. The molecule has 2 aromatic rings. The Kier molecular flexibility index (Phi) is 8.02. The molecule has 1 atom stereocenters. The van der Waals surface area contributed by atoms with Crippen LogP contribution in [0.4, 0.5) is 10.2 Å². The van der Waals surface area contributed by atoms with Crippen molar-refractivity contribution < 1.29 is 4.39 Å². The summed E-state index contributed by atoms with van der Waals surface area (Å²) >= 11 is 0. The molecule has 0 saturated carbocycles. The van der Waals surface area contributed by atoms with Gasteiger partial charge in [0.1, 0.15) is 0 Å². The van der Waals surface area contributed by atoms with Gasteiger partial charge in [0.05, 0.1) is 5.69 Å². The summed E-state index contributed by atoms with van der Waals surface area (Å²) in [6, 6.07) is 3.27. The second-order valence-corrected chi connectivity index (χ2v) is 6.91. The normalized spacial score (nSPS) is 16.8. The van der Waals surface area contributed by atoms with Gasteiger partial charge in [0.15, 0.2) is 17.6 Å². The first-order chi connectivity index (χ1) is 13.0. The van der Waals surface area contributed by atoms with Crippen molar-refractivity contribution in [2.45, 2.75) is 32.7 Å². The maximum atomic E-state index is 13.9. The number of anilines is 1. The van der Waals surface area contributed by atoms with E-state index in [1.807, 2.05) is 23.6 Å². The van der Waals surface area contributed by atoms with Crippen molar-refractivity contribution in [3.8, 4) is 0 Å². The summed E-state index contributed by atoms with van der Waals surface area (Å²) in [6.45, 7) is 6.38. The molecular formula is C19H29FIN7. The van der Waals surface area contributed by atoms with Crippen molar-refractivity contribution in [2.75, 3.05) is 31.6 Å². The van der Waals surface area contributed by atoms with Crippen LogP contribution in [0.1, 0.15) is 23.4 Å². The highest BCUT2D eigenvalue weighted by Gasteiger charge is 2.25. The molecule has 7 nitrogen and oxygen atoms in total. The van der Waals surface area contributed by atoms with Crippen molar-refractivity contribution in [3.05, 3.63) is 41.1 Å². The topological polar surface area (TPSA) is 70.4 Å². The summed E-state index contributed by atoms with van der Waals surface area (Å²) in [5.74, 6) is 0.915. The zero-order chi connectivity index (χ0) is 19.4. The molecule has 3 heterocycles. The van der Waals surface area contributed by atoms with E-state index >= 15 is 0 Å². The molecule has 1 unspecified atom stereocenters. The fourth-order valence-electron chi connectivity index (χ4n) is 3.55. The van der Waals surface area contributed by atoms with Crippen molar-refractivity contribution in [1.29, 1.82) is 0 Å². The fourth-order valence-corrected chi connectivity index (χ4v) is 3.55. The molecule has 0 spiro atoms. The van der Waals surface area contributed by atoms with Crippen molar-refractivity contribution in [1.82, 2.24) is 25.4 Å². The minimum absolute atomic E-state index is 0. The van der Waals surface area contributed by atoms with Crippen LogP contribution in [-0.2, 0) is 13.5 Å². The minimum Gasteiger partial charge on any atom is -0.356 e. The van der Waals surface area contributed by atoms with Gasteiger partial charge >= 0.3 is 0 Å². The highest BCUT2D eigenvalue weighted by molar-refractivity contribution is 14.0. The first-order valence-corrected chi connectivity index (χ1v) is 9.31. The largest absolute Gasteiger partial charge is 0.356 e. The number of halogens is 2. The van der Waals surface area contributed by atoms with Gasteiger partial charge in [0.2, 0.25) is 0 Å². The quantitative estimate of drug-likeness (QED) is 0.374. The SMILES string of the molecule is CN=C(NCCc1c(C)nn(C)c1C)NC1CCN(c2ncccc2F)C1.I. The van der Waals surface area contributed by atoms with Crippen LogP contribution < -0.4 is 15.5 Å². The first-order valence-electron chi connectivity index (χ1n) is 9.31. The Morgan fingerprint density at radius 1 is 1.39 bits per heavy atom. The van der Waals surface area contributed by atoms with E-state index in [4.69, 9.17) is 0 Å². The molecule has 3 rings (SSSR count). The predicted octanol–water partition coefficient (Wildman–Crippen LogP) is 2.18. The van der Waals surface area contributed by atoms with E-state index in [1.165, 1.54) is 17.3 Å². The van der Waals surface area contributed by atoms with Crippen LogP contribution in [0.2, 0.25) is 0 Å². The van der Waals surface area contributed by atoms with E-state index in [2.05, 4.69) is 32.6 Å². The Balaban J connectivity index is 0.00000280. The van der Waals surface area contributed by atoms with E-state index in [9.17, 15) is 4.39 Å². The summed E-state index contributed by atoms with van der Waals surface area (Å²) in [5.41, 5.74) is 3.54. The van der Waals surface area contributed by atoms with E-state index < -0.39 is 0 Å². The van der Waals surface area contributed by atoms with Crippen LogP contribution in [0.5, 0.6) is 0 Å². The molecule has 1 saturated heterocycles. The number of aromatic nitrogens is 3. The molecule has 1 fully saturated rings. The van der Waals surface area contributed by atoms with E-state index in [-0.39, 0.29) is 35.8 Å². The van der Waals surface area contributed by atoms with Gasteiger partial charge in [0.25, 0.3) is 0 Å². The highest BCUT2D eigenvalue weighted by Crippen LogP contribution is 2.20. The lowest BCUT2D eigenvalue weighted by atomic mass is 10.1. The van der Waals surface area contributed by atoms with Gasteiger partial charge < -0.3 is 15.5 Å². The molecular weight excluding hydrogens is 472 g/mol. The summed E-state index contributed by atoms with van der Waals surface area (Å²) in [6.07, 6.45) is 3.43. The van der Waals surface area contributed by atoms with Crippen molar-refractivity contribution in [2.24, 2.45) is 12.0 Å². The minimum atomic E-state index is -0.275. The molecule has 0 amide bonds. The monoisotopic (exact) mass is 501 g/mol. The zero-order valence-corrected chi connectivity index (χ0v) is 19.2. The molecule has 0 aromatic carbocycles. The third-order valence-corrected chi connectivity index (χ3v) is 5.12. The molecule has 1 aliphatic rings. The standard InChI is InChI=1S/C19H28FN7.HI/c1-13-16(14(2)26(4)25-13)7-10-23-19(21-3)24-15-8-11-27(12-15)18-17(20)6-5-9-22-18;/h5-6,9,15H,7-8,10-12H2,1-4H3,(H2,21,23,24);1H. The van der Waals surface area contributed by atoms with E-state index in [0.29, 0.717) is 12.4 Å². The number of nitrogens with zero attached hydrogens (tertiary/aromatic N) is 5. The zero-order valence-electron chi connectivity index (χ0n) is 16.9. The average Bonchev–Trinajstić information content (AvgIpc) is 3.20. The third kappa shape index (κ3) is 5.12. The molecule has 154 valence electrons. The molecule has 0 bridgehead atoms. The Morgan fingerprint density at radius 2 is 2.18 bits per heavy atom. The first kappa shape index (κ1) is 22.4. The van der Waals surface area contributed by atoms with Crippen molar-refractivity contribution in [3.63, 3.8) is 0 Å². The molecule has 9 heteroatoms. The predicted molar refractivity (Wildman–Crippen MR) is 121 cm³/mol. The van der Waals surface area contributed by atoms with Crippen LogP contribution in [0.3, 0.4) is 0 Å². The number of hydrogen-bond acceptors (Lipinski definition) is 4. The summed E-state index contributed by atoms with van der Waals surface area (Å²) in [4.78, 5) is 10.5. The van der Waals surface area contributed by atoms with Crippen LogP contribution >= 0.6 is 24.0 Å². The Bertz CT molecular complexity index is 821. The second-order valence-electron chi connectivity index (χ2n) is 6.91. The number of pyridine rings is 1. The van der Waals surface area contributed by atoms with Gasteiger partial charge in [-0.05, 0) is 44.4 Å². The lowest BCUT2D eigenvalue weighted by molar-refractivity contribution is 0.612.